The van der Waals surface area contributed by atoms with Crippen LogP contribution in [0.25, 0.3) is 0 Å². The van der Waals surface area contributed by atoms with Crippen molar-refractivity contribution in [1.29, 1.82) is 0 Å². The summed E-state index contributed by atoms with van der Waals surface area (Å²) in [4.78, 5) is 20.5. The molecule has 1 atom stereocenters. The van der Waals surface area contributed by atoms with Crippen LogP contribution in [0, 0.1) is 0 Å². The Bertz CT molecular complexity index is 447. The number of anilines is 1. The van der Waals surface area contributed by atoms with Gasteiger partial charge >= 0.3 is 0 Å². The summed E-state index contributed by atoms with van der Waals surface area (Å²) in [6.45, 7) is 4.42. The van der Waals surface area contributed by atoms with Crippen LogP contribution in [-0.4, -0.2) is 28.5 Å². The number of rotatable bonds is 4. The van der Waals surface area contributed by atoms with E-state index in [0.717, 1.165) is 24.4 Å². The van der Waals surface area contributed by atoms with Gasteiger partial charge in [0.2, 0.25) is 5.91 Å². The molecule has 0 aromatic carbocycles. The first-order valence-electron chi connectivity index (χ1n) is 7.09. The van der Waals surface area contributed by atoms with E-state index < -0.39 is 0 Å². The molecule has 2 N–H and O–H groups in total. The summed E-state index contributed by atoms with van der Waals surface area (Å²) >= 11 is 0. The molecular formula is C14H22N4O. The first-order chi connectivity index (χ1) is 9.22. The number of fused-ring (bicyclic) bond motifs is 1. The third-order valence-electron chi connectivity index (χ3n) is 3.47. The van der Waals surface area contributed by atoms with Crippen LogP contribution < -0.4 is 10.6 Å². The Kier molecular flexibility index (Phi) is 4.71. The molecule has 5 nitrogen and oxygen atoms in total. The number of likely N-dealkylation sites (N-methyl/N-ethyl adjacent to an activating group) is 1. The van der Waals surface area contributed by atoms with Crippen LogP contribution in [0.15, 0.2) is 6.33 Å². The van der Waals surface area contributed by atoms with E-state index >= 15 is 0 Å². The summed E-state index contributed by atoms with van der Waals surface area (Å²) < 4.78 is 0. The zero-order valence-corrected chi connectivity index (χ0v) is 11.7. The number of amides is 1. The standard InChI is InChI=1S/C14H22N4O/c1-3-15-14(19)10(2)18-13-11-7-5-4-6-8-12(11)16-9-17-13/h9-10H,3-8H2,1-2H3,(H,15,19)(H,16,17,18). The van der Waals surface area contributed by atoms with Crippen LogP contribution in [0.3, 0.4) is 0 Å². The van der Waals surface area contributed by atoms with Crippen molar-refractivity contribution in [2.75, 3.05) is 11.9 Å². The Morgan fingerprint density at radius 2 is 2.11 bits per heavy atom. The molecule has 0 saturated heterocycles. The fourth-order valence-corrected chi connectivity index (χ4v) is 2.42. The van der Waals surface area contributed by atoms with Crippen LogP contribution in [0.4, 0.5) is 5.82 Å². The number of aromatic nitrogens is 2. The van der Waals surface area contributed by atoms with Gasteiger partial charge in [0.1, 0.15) is 18.2 Å². The molecule has 0 aliphatic heterocycles. The average molecular weight is 262 g/mol. The lowest BCUT2D eigenvalue weighted by Gasteiger charge is -2.17. The van der Waals surface area contributed by atoms with Gasteiger partial charge in [0.15, 0.2) is 0 Å². The highest BCUT2D eigenvalue weighted by molar-refractivity contribution is 5.84. The minimum atomic E-state index is -0.276. The fraction of sp³-hybridized carbons (Fsp3) is 0.643. The second-order valence-corrected chi connectivity index (χ2v) is 4.97. The van der Waals surface area contributed by atoms with Crippen LogP contribution >= 0.6 is 0 Å². The topological polar surface area (TPSA) is 66.9 Å². The smallest absolute Gasteiger partial charge is 0.242 e. The van der Waals surface area contributed by atoms with Crippen LogP contribution in [0.5, 0.6) is 0 Å². The van der Waals surface area contributed by atoms with Gasteiger partial charge in [-0.1, -0.05) is 6.42 Å². The predicted molar refractivity (Wildman–Crippen MR) is 75.1 cm³/mol. The van der Waals surface area contributed by atoms with E-state index in [9.17, 15) is 4.79 Å². The molecule has 1 amide bonds. The largest absolute Gasteiger partial charge is 0.358 e. The Morgan fingerprint density at radius 3 is 2.89 bits per heavy atom. The summed E-state index contributed by atoms with van der Waals surface area (Å²) in [6, 6.07) is -0.276. The summed E-state index contributed by atoms with van der Waals surface area (Å²) in [5, 5.41) is 6.03. The zero-order chi connectivity index (χ0) is 13.7. The maximum Gasteiger partial charge on any atom is 0.242 e. The molecule has 0 spiro atoms. The molecular weight excluding hydrogens is 240 g/mol. The molecule has 1 aromatic heterocycles. The van der Waals surface area contributed by atoms with Crippen LogP contribution in [-0.2, 0) is 17.6 Å². The van der Waals surface area contributed by atoms with E-state index in [1.54, 1.807) is 6.33 Å². The zero-order valence-electron chi connectivity index (χ0n) is 11.7. The molecule has 0 bridgehead atoms. The van der Waals surface area contributed by atoms with E-state index in [4.69, 9.17) is 0 Å². The van der Waals surface area contributed by atoms with Crippen molar-refractivity contribution in [1.82, 2.24) is 15.3 Å². The number of carbonyl (C=O) groups excluding carboxylic acids is 1. The summed E-state index contributed by atoms with van der Waals surface area (Å²) in [6.07, 6.45) is 7.21. The fourth-order valence-electron chi connectivity index (χ4n) is 2.42. The highest BCUT2D eigenvalue weighted by Gasteiger charge is 2.18. The first kappa shape index (κ1) is 13.8. The van der Waals surface area contributed by atoms with Gasteiger partial charge in [-0.3, -0.25) is 4.79 Å². The van der Waals surface area contributed by atoms with Gasteiger partial charge in [-0.05, 0) is 39.5 Å². The molecule has 1 unspecified atom stereocenters. The minimum Gasteiger partial charge on any atom is -0.358 e. The summed E-state index contributed by atoms with van der Waals surface area (Å²) in [5.74, 6) is 0.828. The average Bonchev–Trinajstić information content (AvgIpc) is 2.65. The van der Waals surface area contributed by atoms with Gasteiger partial charge < -0.3 is 10.6 Å². The van der Waals surface area contributed by atoms with E-state index in [0.29, 0.717) is 6.54 Å². The van der Waals surface area contributed by atoms with Gasteiger partial charge in [-0.25, -0.2) is 9.97 Å². The van der Waals surface area contributed by atoms with Crippen molar-refractivity contribution < 1.29 is 4.79 Å². The van der Waals surface area contributed by atoms with E-state index in [-0.39, 0.29) is 11.9 Å². The number of nitrogens with one attached hydrogen (secondary N) is 2. The van der Waals surface area contributed by atoms with Gasteiger partial charge in [-0.2, -0.15) is 0 Å². The quantitative estimate of drug-likeness (QED) is 0.810. The monoisotopic (exact) mass is 262 g/mol. The lowest BCUT2D eigenvalue weighted by molar-refractivity contribution is -0.121. The molecule has 0 radical (unpaired) electrons. The number of hydrogen-bond donors (Lipinski definition) is 2. The highest BCUT2D eigenvalue weighted by Crippen LogP contribution is 2.24. The molecule has 0 fully saturated rings. The number of carbonyl (C=O) groups is 1. The van der Waals surface area contributed by atoms with E-state index in [1.165, 1.54) is 24.8 Å². The minimum absolute atomic E-state index is 0.00323. The third kappa shape index (κ3) is 3.43. The Hall–Kier alpha value is -1.65. The normalized spacial score (nSPS) is 16.1. The first-order valence-corrected chi connectivity index (χ1v) is 7.09. The highest BCUT2D eigenvalue weighted by atomic mass is 16.2. The molecule has 0 saturated carbocycles. The maximum atomic E-state index is 11.8. The third-order valence-corrected chi connectivity index (χ3v) is 3.47. The van der Waals surface area contributed by atoms with Crippen molar-refractivity contribution >= 4 is 11.7 Å². The SMILES string of the molecule is CCNC(=O)C(C)Nc1ncnc2c1CCCCC2. The van der Waals surface area contributed by atoms with E-state index in [1.807, 2.05) is 13.8 Å². The number of nitrogens with zero attached hydrogens (tertiary/aromatic N) is 2. The lowest BCUT2D eigenvalue weighted by atomic mass is 10.1. The van der Waals surface area contributed by atoms with Gasteiger partial charge in [0.25, 0.3) is 0 Å². The van der Waals surface area contributed by atoms with Gasteiger partial charge in [0, 0.05) is 17.8 Å². The lowest BCUT2D eigenvalue weighted by Crippen LogP contribution is -2.37. The van der Waals surface area contributed by atoms with Crippen molar-refractivity contribution in [3.63, 3.8) is 0 Å². The molecule has 1 aromatic rings. The Morgan fingerprint density at radius 1 is 1.32 bits per heavy atom. The van der Waals surface area contributed by atoms with E-state index in [2.05, 4.69) is 20.6 Å². The predicted octanol–water partition coefficient (Wildman–Crippen LogP) is 1.68. The molecule has 2 rings (SSSR count). The van der Waals surface area contributed by atoms with Crippen molar-refractivity contribution in [3.8, 4) is 0 Å². The van der Waals surface area contributed by atoms with Crippen LogP contribution in [0.2, 0.25) is 0 Å². The van der Waals surface area contributed by atoms with Crippen molar-refractivity contribution in [2.24, 2.45) is 0 Å². The second-order valence-electron chi connectivity index (χ2n) is 4.97. The molecule has 5 heteroatoms. The van der Waals surface area contributed by atoms with Crippen molar-refractivity contribution in [2.45, 2.75) is 52.0 Å². The van der Waals surface area contributed by atoms with Crippen LogP contribution in [0.1, 0.15) is 44.4 Å². The number of hydrogen-bond acceptors (Lipinski definition) is 4. The molecule has 1 aliphatic carbocycles. The summed E-state index contributed by atoms with van der Waals surface area (Å²) in [7, 11) is 0. The van der Waals surface area contributed by atoms with Crippen molar-refractivity contribution in [3.05, 3.63) is 17.6 Å². The van der Waals surface area contributed by atoms with Gasteiger partial charge in [0.05, 0.1) is 0 Å². The number of aryl methyl sites for hydroxylation is 1. The summed E-state index contributed by atoms with van der Waals surface area (Å²) in [5.41, 5.74) is 2.33. The molecule has 104 valence electrons. The Balaban J connectivity index is 2.14. The molecule has 19 heavy (non-hydrogen) atoms. The Labute approximate surface area is 114 Å². The second kappa shape index (κ2) is 6.50. The van der Waals surface area contributed by atoms with Gasteiger partial charge in [-0.15, -0.1) is 0 Å². The molecule has 1 heterocycles. The maximum absolute atomic E-state index is 11.8. The molecule has 1 aliphatic rings.